The van der Waals surface area contributed by atoms with Crippen molar-refractivity contribution in [2.75, 3.05) is 12.3 Å². The Morgan fingerprint density at radius 2 is 2.35 bits per heavy atom. The maximum Gasteiger partial charge on any atom is 0.232 e. The van der Waals surface area contributed by atoms with Gasteiger partial charge in [-0.2, -0.15) is 0 Å². The monoisotopic (exact) mass is 315 g/mol. The van der Waals surface area contributed by atoms with Gasteiger partial charge >= 0.3 is 0 Å². The molecule has 0 aromatic carbocycles. The summed E-state index contributed by atoms with van der Waals surface area (Å²) in [5.74, 6) is 0.354. The molecule has 0 amide bonds. The molecule has 3 atom stereocenters. The predicted octanol–water partition coefficient (Wildman–Crippen LogP) is 1.25. The summed E-state index contributed by atoms with van der Waals surface area (Å²) < 4.78 is 12.8. The second-order valence-corrected chi connectivity index (χ2v) is 6.21. The molecule has 0 spiro atoms. The third-order valence-corrected chi connectivity index (χ3v) is 3.88. The van der Waals surface area contributed by atoms with Gasteiger partial charge in [-0.15, -0.1) is 0 Å². The SMILES string of the molecule is Nc1ncnc2c1ncn2C1CCC(COP(O)S)O1. The maximum absolute atomic E-state index is 9.04. The van der Waals surface area contributed by atoms with Gasteiger partial charge < -0.3 is 19.9 Å². The molecule has 10 heteroatoms. The first-order valence-corrected chi connectivity index (χ1v) is 8.41. The number of nitrogens with zero attached hydrogens (tertiary/aromatic N) is 4. The van der Waals surface area contributed by atoms with Crippen molar-refractivity contribution < 1.29 is 14.2 Å². The third kappa shape index (κ3) is 2.72. The van der Waals surface area contributed by atoms with Crippen LogP contribution < -0.4 is 5.73 Å². The second-order valence-electron chi connectivity index (χ2n) is 4.42. The van der Waals surface area contributed by atoms with Crippen LogP contribution in [0.1, 0.15) is 19.1 Å². The first-order chi connectivity index (χ1) is 9.65. The quantitative estimate of drug-likeness (QED) is 0.575. The van der Waals surface area contributed by atoms with Crippen molar-refractivity contribution in [3.8, 4) is 0 Å². The van der Waals surface area contributed by atoms with Crippen molar-refractivity contribution in [2.45, 2.75) is 25.2 Å². The topological polar surface area (TPSA) is 108 Å². The van der Waals surface area contributed by atoms with Crippen molar-refractivity contribution in [1.82, 2.24) is 19.5 Å². The van der Waals surface area contributed by atoms with Gasteiger partial charge in [0.25, 0.3) is 0 Å². The number of rotatable bonds is 4. The van der Waals surface area contributed by atoms with Crippen LogP contribution in [0.2, 0.25) is 0 Å². The van der Waals surface area contributed by atoms with E-state index in [4.69, 9.17) is 19.9 Å². The fraction of sp³-hybridized carbons (Fsp3) is 0.500. The lowest BCUT2D eigenvalue weighted by molar-refractivity contribution is -0.0150. The van der Waals surface area contributed by atoms with E-state index >= 15 is 0 Å². The van der Waals surface area contributed by atoms with E-state index in [0.717, 1.165) is 12.8 Å². The lowest BCUT2D eigenvalue weighted by Crippen LogP contribution is -2.15. The Kier molecular flexibility index (Phi) is 4.04. The summed E-state index contributed by atoms with van der Waals surface area (Å²) in [5.41, 5.74) is 6.98. The molecule has 20 heavy (non-hydrogen) atoms. The standard InChI is InChI=1S/C10H14N5O3PS/c11-9-8-10(13-4-12-9)15(5-14-8)7-2-1-6(18-7)3-17-19(16)20/h4-7,16,20H,1-3H2,(H2,11,12,13). The van der Waals surface area contributed by atoms with Crippen LogP contribution in [0.5, 0.6) is 0 Å². The highest BCUT2D eigenvalue weighted by molar-refractivity contribution is 8.41. The lowest BCUT2D eigenvalue weighted by Gasteiger charge is -2.15. The summed E-state index contributed by atoms with van der Waals surface area (Å²) in [7, 11) is -1.65. The largest absolute Gasteiger partial charge is 0.382 e. The van der Waals surface area contributed by atoms with Gasteiger partial charge in [0, 0.05) is 0 Å². The Hall–Kier alpha value is -0.990. The summed E-state index contributed by atoms with van der Waals surface area (Å²) in [6.07, 6.45) is 4.49. The van der Waals surface area contributed by atoms with Gasteiger partial charge in [-0.05, 0) is 12.8 Å². The van der Waals surface area contributed by atoms with Gasteiger partial charge in [-0.1, -0.05) is 12.2 Å². The van der Waals surface area contributed by atoms with Gasteiger partial charge in [0.1, 0.15) is 18.1 Å². The molecular formula is C10H14N5O3PS. The zero-order valence-electron chi connectivity index (χ0n) is 10.5. The van der Waals surface area contributed by atoms with Crippen molar-refractivity contribution >= 4 is 36.8 Å². The average Bonchev–Trinajstić information content (AvgIpc) is 3.02. The molecular weight excluding hydrogens is 301 g/mol. The van der Waals surface area contributed by atoms with Crippen LogP contribution in [0.3, 0.4) is 0 Å². The number of hydrogen-bond donors (Lipinski definition) is 3. The Labute approximate surface area is 121 Å². The predicted molar refractivity (Wildman–Crippen MR) is 77.0 cm³/mol. The number of nitrogen functional groups attached to an aromatic ring is 1. The van der Waals surface area contributed by atoms with E-state index in [2.05, 4.69) is 27.2 Å². The summed E-state index contributed by atoms with van der Waals surface area (Å²) >= 11 is 3.81. The molecule has 0 saturated carbocycles. The number of imidazole rings is 1. The Morgan fingerprint density at radius 1 is 1.50 bits per heavy atom. The third-order valence-electron chi connectivity index (χ3n) is 3.16. The summed E-state index contributed by atoms with van der Waals surface area (Å²) in [5, 5.41) is 0. The van der Waals surface area contributed by atoms with Crippen molar-refractivity contribution in [1.29, 1.82) is 0 Å². The van der Waals surface area contributed by atoms with E-state index in [0.29, 0.717) is 23.6 Å². The lowest BCUT2D eigenvalue weighted by atomic mass is 10.2. The molecule has 1 fully saturated rings. The van der Waals surface area contributed by atoms with Crippen molar-refractivity contribution in [3.63, 3.8) is 0 Å². The number of thiol groups is 1. The number of aromatic nitrogens is 4. The normalized spacial score (nSPS) is 24.3. The van der Waals surface area contributed by atoms with Crippen LogP contribution in [0.25, 0.3) is 11.2 Å². The minimum absolute atomic E-state index is 0.0686. The van der Waals surface area contributed by atoms with E-state index in [9.17, 15) is 0 Å². The number of fused-ring (bicyclic) bond motifs is 1. The van der Waals surface area contributed by atoms with Gasteiger partial charge in [0.2, 0.25) is 7.58 Å². The number of ether oxygens (including phenoxy) is 1. The van der Waals surface area contributed by atoms with Crippen molar-refractivity contribution in [2.24, 2.45) is 0 Å². The molecule has 8 nitrogen and oxygen atoms in total. The Balaban J connectivity index is 1.75. The zero-order chi connectivity index (χ0) is 14.1. The van der Waals surface area contributed by atoms with Gasteiger partial charge in [0.05, 0.1) is 19.0 Å². The van der Waals surface area contributed by atoms with Gasteiger partial charge in [-0.3, -0.25) is 4.57 Å². The molecule has 3 rings (SSSR count). The minimum atomic E-state index is -1.65. The number of hydrogen-bond acceptors (Lipinski definition) is 8. The number of nitrogens with two attached hydrogens (primary N) is 1. The van der Waals surface area contributed by atoms with E-state index in [1.54, 1.807) is 6.33 Å². The molecule has 2 aromatic heterocycles. The Morgan fingerprint density at radius 3 is 3.15 bits per heavy atom. The molecule has 0 bridgehead atoms. The fourth-order valence-corrected chi connectivity index (χ4v) is 2.74. The Bertz CT molecular complexity index is 610. The summed E-state index contributed by atoms with van der Waals surface area (Å²) in [6.45, 7) is 0.325. The molecule has 2 aromatic rings. The molecule has 1 aliphatic rings. The van der Waals surface area contributed by atoms with E-state index < -0.39 is 7.58 Å². The van der Waals surface area contributed by atoms with Crippen LogP contribution in [0.4, 0.5) is 5.82 Å². The molecule has 1 saturated heterocycles. The van der Waals surface area contributed by atoms with E-state index in [1.807, 2.05) is 4.57 Å². The second kappa shape index (κ2) is 5.79. The molecule has 3 N–H and O–H groups in total. The summed E-state index contributed by atoms with van der Waals surface area (Å²) in [4.78, 5) is 21.4. The van der Waals surface area contributed by atoms with Crippen LogP contribution in [0.15, 0.2) is 12.7 Å². The molecule has 108 valence electrons. The first-order valence-electron chi connectivity index (χ1n) is 6.04. The minimum Gasteiger partial charge on any atom is -0.382 e. The van der Waals surface area contributed by atoms with Crippen LogP contribution in [0, 0.1) is 0 Å². The highest BCUT2D eigenvalue weighted by Gasteiger charge is 2.28. The average molecular weight is 315 g/mol. The molecule has 0 radical (unpaired) electrons. The molecule has 3 heterocycles. The summed E-state index contributed by atoms with van der Waals surface area (Å²) in [6, 6.07) is 0. The van der Waals surface area contributed by atoms with Crippen LogP contribution in [-0.4, -0.2) is 37.1 Å². The molecule has 3 unspecified atom stereocenters. The van der Waals surface area contributed by atoms with Crippen LogP contribution >= 0.6 is 19.8 Å². The maximum atomic E-state index is 9.04. The van der Waals surface area contributed by atoms with Gasteiger partial charge in [0.15, 0.2) is 11.5 Å². The fourth-order valence-electron chi connectivity index (χ4n) is 2.24. The zero-order valence-corrected chi connectivity index (χ0v) is 12.2. The van der Waals surface area contributed by atoms with E-state index in [1.165, 1.54) is 6.33 Å². The number of anilines is 1. The van der Waals surface area contributed by atoms with E-state index in [-0.39, 0.29) is 12.3 Å². The smallest absolute Gasteiger partial charge is 0.232 e. The first kappa shape index (κ1) is 14.0. The van der Waals surface area contributed by atoms with Crippen LogP contribution in [-0.2, 0) is 9.26 Å². The highest BCUT2D eigenvalue weighted by atomic mass is 32.7. The van der Waals surface area contributed by atoms with Crippen molar-refractivity contribution in [3.05, 3.63) is 12.7 Å². The van der Waals surface area contributed by atoms with Gasteiger partial charge in [-0.25, -0.2) is 15.0 Å². The highest BCUT2D eigenvalue weighted by Crippen LogP contribution is 2.38. The molecule has 1 aliphatic heterocycles. The molecule has 0 aliphatic carbocycles.